The normalized spacial score (nSPS) is 12.0. The molecule has 15 heteroatoms. The van der Waals surface area contributed by atoms with Gasteiger partial charge in [-0.15, -0.1) is 0 Å². The van der Waals surface area contributed by atoms with Crippen LogP contribution in [0.15, 0.2) is 36.4 Å². The molecule has 4 radical (unpaired) electrons. The van der Waals surface area contributed by atoms with E-state index < -0.39 is 57.9 Å². The largest absolute Gasteiger partial charge is 0.420 e. The Kier molecular flexibility index (Phi) is 8.29. The van der Waals surface area contributed by atoms with Gasteiger partial charge in [0.25, 0.3) is 0 Å². The molecule has 0 aliphatic rings. The summed E-state index contributed by atoms with van der Waals surface area (Å²) in [6.07, 6.45) is -12.4. The van der Waals surface area contributed by atoms with E-state index >= 15 is 0 Å². The smallest absolute Gasteiger partial charge is 0.408 e. The fraction of sp³-hybridized carbons (Fsp3) is 0.167. The van der Waals surface area contributed by atoms with Gasteiger partial charge in [0.15, 0.2) is 5.75 Å². The van der Waals surface area contributed by atoms with Crippen molar-refractivity contribution in [2.24, 2.45) is 0 Å². The lowest BCUT2D eigenvalue weighted by molar-refractivity contribution is -0.143. The summed E-state index contributed by atoms with van der Waals surface area (Å²) in [6, 6.07) is 3.42. The van der Waals surface area contributed by atoms with Crippen molar-refractivity contribution in [1.29, 1.82) is 0 Å². The summed E-state index contributed by atoms with van der Waals surface area (Å²) < 4.78 is 98.2. The number of amides is 1. The first kappa shape index (κ1) is 27.2. The second kappa shape index (κ2) is 10.1. The van der Waals surface area contributed by atoms with Gasteiger partial charge in [0.1, 0.15) is 27.1 Å². The fourth-order valence-corrected chi connectivity index (χ4v) is 2.94. The highest BCUT2D eigenvalue weighted by molar-refractivity contribution is 14.2. The van der Waals surface area contributed by atoms with Crippen LogP contribution >= 0.6 is 30.1 Å². The van der Waals surface area contributed by atoms with Crippen LogP contribution in [0.1, 0.15) is 16.7 Å². The molecule has 0 aromatic heterocycles. The molecule has 0 aliphatic carbocycles. The Hall–Kier alpha value is -2.05. The van der Waals surface area contributed by atoms with Crippen molar-refractivity contribution in [2.75, 3.05) is 4.90 Å². The van der Waals surface area contributed by atoms with Crippen LogP contribution in [-0.2, 0) is 12.4 Å². The van der Waals surface area contributed by atoms with E-state index in [1.807, 2.05) is 0 Å². The molecule has 0 atom stereocenters. The minimum absolute atomic E-state index is 0.0640. The predicted molar refractivity (Wildman–Crippen MR) is 116 cm³/mol. The summed E-state index contributed by atoms with van der Waals surface area (Å²) >= 11 is 1.62. The molecule has 0 saturated carbocycles. The van der Waals surface area contributed by atoms with Crippen LogP contribution < -0.4 is 9.64 Å². The molecule has 0 bridgehead atoms. The number of carbonyl (C=O) groups excluding carboxylic acids is 1. The number of aliphatic hydroxyl groups is 1. The molecule has 0 spiro atoms. The Morgan fingerprint density at radius 1 is 1.06 bits per heavy atom. The van der Waals surface area contributed by atoms with Gasteiger partial charge in [0.05, 0.1) is 16.7 Å². The topological polar surface area (TPSA) is 49.8 Å². The van der Waals surface area contributed by atoms with E-state index in [2.05, 4.69) is 11.2 Å². The van der Waals surface area contributed by atoms with Crippen molar-refractivity contribution < 1.29 is 45.4 Å². The van der Waals surface area contributed by atoms with Crippen LogP contribution in [0.25, 0.3) is 0 Å². The van der Waals surface area contributed by atoms with Crippen molar-refractivity contribution in [1.82, 2.24) is 0 Å². The molecule has 2 rings (SSSR count). The maximum Gasteiger partial charge on any atom is 0.420 e. The summed E-state index contributed by atoms with van der Waals surface area (Å²) in [4.78, 5) is 12.7. The predicted octanol–water partition coefficient (Wildman–Crippen LogP) is 5.20. The molecule has 0 fully saturated rings. The van der Waals surface area contributed by atoms with E-state index in [0.29, 0.717) is 0 Å². The van der Waals surface area contributed by atoms with Crippen molar-refractivity contribution in [3.63, 3.8) is 0 Å². The van der Waals surface area contributed by atoms with Gasteiger partial charge in [-0.1, -0.05) is 5.92 Å². The van der Waals surface area contributed by atoms with Gasteiger partial charge in [0.2, 0.25) is 0 Å². The monoisotopic (exact) mass is 599 g/mol. The number of nitrogens with zero attached hydrogens (tertiary/aromatic N) is 1. The molecule has 4 nitrogen and oxygen atoms in total. The van der Waals surface area contributed by atoms with Crippen LogP contribution in [0.2, 0.25) is 0 Å². The fourth-order valence-electron chi connectivity index (χ4n) is 2.46. The zero-order valence-corrected chi connectivity index (χ0v) is 18.7. The molecule has 0 saturated heterocycles. The SMILES string of the molecule is [B]C([B])(O)N(C(=O)Oc1c(C#CSI)cc(C(F)(F)F)cc1C(F)(F)F)c1ccc(F)cc1. The zero-order chi connectivity index (χ0) is 25.2. The lowest BCUT2D eigenvalue weighted by atomic mass is 9.72. The van der Waals surface area contributed by atoms with E-state index in [1.165, 1.54) is 0 Å². The first-order valence-corrected chi connectivity index (χ1v) is 11.6. The Balaban J connectivity index is 2.70. The maximum absolute atomic E-state index is 13.6. The van der Waals surface area contributed by atoms with Crippen LogP contribution in [0.5, 0.6) is 5.75 Å². The van der Waals surface area contributed by atoms with Gasteiger partial charge in [-0.3, -0.25) is 4.90 Å². The average Bonchev–Trinajstić information content (AvgIpc) is 2.65. The lowest BCUT2D eigenvalue weighted by Crippen LogP contribution is -2.54. The third kappa shape index (κ3) is 6.97. The Bertz CT molecular complexity index is 1090. The minimum Gasteiger partial charge on any atom is -0.408 e. The van der Waals surface area contributed by atoms with Gasteiger partial charge >= 0.3 is 18.4 Å². The van der Waals surface area contributed by atoms with Gasteiger partial charge in [-0.05, 0) is 50.6 Å². The Morgan fingerprint density at radius 3 is 2.09 bits per heavy atom. The van der Waals surface area contributed by atoms with E-state index in [-0.39, 0.29) is 17.0 Å². The van der Waals surface area contributed by atoms with Crippen LogP contribution in [-0.4, -0.2) is 32.4 Å². The molecule has 2 aromatic carbocycles. The van der Waals surface area contributed by atoms with E-state index in [0.717, 1.165) is 33.2 Å². The second-order valence-corrected chi connectivity index (χ2v) is 7.84. The molecule has 170 valence electrons. The standard InChI is InChI=1S/C18H7B2F7INO3S/c19-18(20,31)29(12-3-1-11(21)2-4-12)15(30)32-14-9(5-6-33-28)7-10(16(22,23)24)8-13(14)17(25,26)27/h1-4,7-8,31H. The highest BCUT2D eigenvalue weighted by atomic mass is 127. The number of hydrogen-bond donors (Lipinski definition) is 1. The molecule has 0 heterocycles. The highest BCUT2D eigenvalue weighted by Crippen LogP contribution is 2.43. The van der Waals surface area contributed by atoms with Gasteiger partial charge in [-0.25, -0.2) is 9.18 Å². The molecule has 33 heavy (non-hydrogen) atoms. The number of anilines is 1. The zero-order valence-electron chi connectivity index (χ0n) is 15.8. The van der Waals surface area contributed by atoms with Crippen LogP contribution in [0.4, 0.5) is 41.2 Å². The first-order valence-electron chi connectivity index (χ1n) is 8.24. The summed E-state index contributed by atoms with van der Waals surface area (Å²) in [5, 5.41) is 12.1. The van der Waals surface area contributed by atoms with Gasteiger partial charge in [0, 0.05) is 26.9 Å². The molecule has 0 aliphatic heterocycles. The number of rotatable bonds is 3. The summed E-state index contributed by atoms with van der Waals surface area (Å²) in [5.41, 5.74) is -8.04. The van der Waals surface area contributed by atoms with Gasteiger partial charge in [-0.2, -0.15) is 26.3 Å². The minimum atomic E-state index is -5.41. The maximum atomic E-state index is 13.6. The Morgan fingerprint density at radius 2 is 1.64 bits per heavy atom. The van der Waals surface area contributed by atoms with Crippen LogP contribution in [0.3, 0.4) is 0 Å². The summed E-state index contributed by atoms with van der Waals surface area (Å²) in [6.45, 7) is 0. The molecule has 2 aromatic rings. The van der Waals surface area contributed by atoms with Crippen molar-refractivity contribution in [3.8, 4) is 16.9 Å². The third-order valence-corrected chi connectivity index (χ3v) is 4.60. The van der Waals surface area contributed by atoms with E-state index in [1.54, 1.807) is 21.2 Å². The molecular formula is C18H7B2F7INO3S. The van der Waals surface area contributed by atoms with Crippen LogP contribution in [0, 0.1) is 17.0 Å². The van der Waals surface area contributed by atoms with E-state index in [4.69, 9.17) is 20.4 Å². The number of hydrogen-bond acceptors (Lipinski definition) is 4. The molecule has 1 amide bonds. The Labute approximate surface area is 201 Å². The summed E-state index contributed by atoms with van der Waals surface area (Å²) in [5.74, 6) is -0.104. The number of carbonyl (C=O) groups is 1. The molecular weight excluding hydrogens is 592 g/mol. The summed E-state index contributed by atoms with van der Waals surface area (Å²) in [7, 11) is 11.3. The molecule has 1 N–H and O–H groups in total. The first-order chi connectivity index (χ1) is 15.1. The quantitative estimate of drug-likeness (QED) is 0.174. The van der Waals surface area contributed by atoms with Crippen molar-refractivity contribution >= 4 is 57.6 Å². The second-order valence-electron chi connectivity index (χ2n) is 6.16. The average molecular weight is 599 g/mol. The van der Waals surface area contributed by atoms with E-state index in [9.17, 15) is 40.6 Å². The third-order valence-electron chi connectivity index (χ3n) is 3.76. The number of alkyl halides is 6. The number of benzene rings is 2. The number of ether oxygens (including phenoxy) is 1. The van der Waals surface area contributed by atoms with Gasteiger partial charge < -0.3 is 9.84 Å². The molecule has 0 unspecified atom stereocenters. The van der Waals surface area contributed by atoms with Crippen molar-refractivity contribution in [3.05, 3.63) is 58.9 Å². The highest BCUT2D eigenvalue weighted by Gasteiger charge is 2.42. The van der Waals surface area contributed by atoms with Crippen molar-refractivity contribution in [2.45, 2.75) is 17.9 Å². The number of halogens is 8. The lowest BCUT2D eigenvalue weighted by Gasteiger charge is -2.34.